The Bertz CT molecular complexity index is 349. The van der Waals surface area contributed by atoms with Crippen molar-refractivity contribution >= 4 is 0 Å². The van der Waals surface area contributed by atoms with E-state index in [9.17, 15) is 0 Å². The standard InChI is InChI=1S/C13H20N2/c14-6-5-9-1-2-11-8-13(10-3-4-10)15-12(11)7-9/h8-10,15H,1-7,14H2. The Morgan fingerprint density at radius 1 is 1.33 bits per heavy atom. The van der Waals surface area contributed by atoms with Gasteiger partial charge in [0.1, 0.15) is 0 Å². The third kappa shape index (κ3) is 1.83. The predicted octanol–water partition coefficient (Wildman–Crippen LogP) is 2.35. The number of nitrogens with two attached hydrogens (primary N) is 1. The second-order valence-corrected chi connectivity index (χ2v) is 5.19. The molecule has 1 aromatic rings. The summed E-state index contributed by atoms with van der Waals surface area (Å²) < 4.78 is 0. The van der Waals surface area contributed by atoms with Gasteiger partial charge in [-0.05, 0) is 68.5 Å². The minimum absolute atomic E-state index is 0.827. The first-order valence-corrected chi connectivity index (χ1v) is 6.27. The van der Waals surface area contributed by atoms with Gasteiger partial charge < -0.3 is 10.7 Å². The molecule has 2 aliphatic carbocycles. The van der Waals surface area contributed by atoms with Crippen molar-refractivity contribution in [3.05, 3.63) is 23.0 Å². The fourth-order valence-electron chi connectivity index (χ4n) is 2.82. The molecule has 1 fully saturated rings. The van der Waals surface area contributed by atoms with Crippen molar-refractivity contribution in [1.82, 2.24) is 4.98 Å². The predicted molar refractivity (Wildman–Crippen MR) is 62.0 cm³/mol. The molecule has 0 saturated heterocycles. The van der Waals surface area contributed by atoms with Crippen LogP contribution in [0.1, 0.15) is 48.6 Å². The molecule has 1 aromatic heterocycles. The van der Waals surface area contributed by atoms with Crippen LogP contribution in [0.3, 0.4) is 0 Å². The molecule has 2 heteroatoms. The van der Waals surface area contributed by atoms with Crippen molar-refractivity contribution in [2.45, 2.75) is 44.4 Å². The minimum Gasteiger partial charge on any atom is -0.362 e. The summed E-state index contributed by atoms with van der Waals surface area (Å²) in [6.45, 7) is 0.843. The number of hydrogen-bond donors (Lipinski definition) is 2. The Kier molecular flexibility index (Phi) is 2.32. The van der Waals surface area contributed by atoms with E-state index in [1.807, 2.05) is 0 Å². The zero-order chi connectivity index (χ0) is 10.3. The fourth-order valence-corrected chi connectivity index (χ4v) is 2.82. The van der Waals surface area contributed by atoms with Gasteiger partial charge in [-0.1, -0.05) is 0 Å². The zero-order valence-corrected chi connectivity index (χ0v) is 9.26. The van der Waals surface area contributed by atoms with Gasteiger partial charge in [0.15, 0.2) is 0 Å². The maximum Gasteiger partial charge on any atom is 0.0184 e. The van der Waals surface area contributed by atoms with Crippen molar-refractivity contribution in [3.63, 3.8) is 0 Å². The number of aromatic nitrogens is 1. The number of aromatic amines is 1. The van der Waals surface area contributed by atoms with Crippen LogP contribution < -0.4 is 5.73 Å². The van der Waals surface area contributed by atoms with Crippen LogP contribution >= 0.6 is 0 Å². The Morgan fingerprint density at radius 3 is 2.93 bits per heavy atom. The van der Waals surface area contributed by atoms with Gasteiger partial charge in [-0.2, -0.15) is 0 Å². The molecule has 1 unspecified atom stereocenters. The summed E-state index contributed by atoms with van der Waals surface area (Å²) in [7, 11) is 0. The third-order valence-electron chi connectivity index (χ3n) is 3.92. The molecule has 0 amide bonds. The fraction of sp³-hybridized carbons (Fsp3) is 0.692. The third-order valence-corrected chi connectivity index (χ3v) is 3.92. The number of fused-ring (bicyclic) bond motifs is 1. The molecule has 0 spiro atoms. The van der Waals surface area contributed by atoms with Crippen molar-refractivity contribution in [1.29, 1.82) is 0 Å². The lowest BCUT2D eigenvalue weighted by molar-refractivity contribution is 0.429. The van der Waals surface area contributed by atoms with Gasteiger partial charge in [0.05, 0.1) is 0 Å². The Labute approximate surface area is 91.3 Å². The van der Waals surface area contributed by atoms with Crippen molar-refractivity contribution in [3.8, 4) is 0 Å². The van der Waals surface area contributed by atoms with Crippen LogP contribution in [-0.4, -0.2) is 11.5 Å². The highest BCUT2D eigenvalue weighted by molar-refractivity contribution is 5.32. The van der Waals surface area contributed by atoms with E-state index in [0.717, 1.165) is 18.4 Å². The summed E-state index contributed by atoms with van der Waals surface area (Å²) in [6, 6.07) is 2.42. The Hall–Kier alpha value is -0.760. The van der Waals surface area contributed by atoms with E-state index in [1.54, 1.807) is 5.56 Å². The van der Waals surface area contributed by atoms with Crippen LogP contribution in [0.25, 0.3) is 0 Å². The second-order valence-electron chi connectivity index (χ2n) is 5.19. The van der Waals surface area contributed by atoms with Crippen LogP contribution in [0, 0.1) is 5.92 Å². The molecule has 2 nitrogen and oxygen atoms in total. The van der Waals surface area contributed by atoms with Crippen LogP contribution in [0.5, 0.6) is 0 Å². The molecule has 3 rings (SSSR count). The molecule has 82 valence electrons. The largest absolute Gasteiger partial charge is 0.362 e. The summed E-state index contributed by atoms with van der Waals surface area (Å²) in [5.41, 5.74) is 10.2. The topological polar surface area (TPSA) is 41.8 Å². The van der Waals surface area contributed by atoms with Gasteiger partial charge in [0.25, 0.3) is 0 Å². The highest BCUT2D eigenvalue weighted by atomic mass is 14.8. The van der Waals surface area contributed by atoms with Gasteiger partial charge in [-0.25, -0.2) is 0 Å². The minimum atomic E-state index is 0.827. The number of nitrogens with one attached hydrogen (secondary N) is 1. The average molecular weight is 204 g/mol. The highest BCUT2D eigenvalue weighted by Gasteiger charge is 2.28. The van der Waals surface area contributed by atoms with Gasteiger partial charge in [0.2, 0.25) is 0 Å². The first-order chi connectivity index (χ1) is 7.36. The molecular formula is C13H20N2. The van der Waals surface area contributed by atoms with Crippen LogP contribution in [0.4, 0.5) is 0 Å². The smallest absolute Gasteiger partial charge is 0.0184 e. The van der Waals surface area contributed by atoms with Crippen molar-refractivity contribution < 1.29 is 0 Å². The van der Waals surface area contributed by atoms with E-state index in [2.05, 4.69) is 11.1 Å². The lowest BCUT2D eigenvalue weighted by Gasteiger charge is -2.21. The summed E-state index contributed by atoms with van der Waals surface area (Å²) in [6.07, 6.45) is 7.82. The van der Waals surface area contributed by atoms with Crippen LogP contribution in [0.2, 0.25) is 0 Å². The van der Waals surface area contributed by atoms with Crippen molar-refractivity contribution in [2.75, 3.05) is 6.54 Å². The van der Waals surface area contributed by atoms with E-state index < -0.39 is 0 Å². The summed E-state index contributed by atoms with van der Waals surface area (Å²) in [4.78, 5) is 3.64. The Balaban J connectivity index is 1.76. The van der Waals surface area contributed by atoms with E-state index in [0.29, 0.717) is 0 Å². The molecule has 0 aliphatic heterocycles. The molecule has 0 bridgehead atoms. The number of rotatable bonds is 3. The first kappa shape index (κ1) is 9.46. The monoisotopic (exact) mass is 204 g/mol. The van der Waals surface area contributed by atoms with E-state index in [4.69, 9.17) is 5.73 Å². The van der Waals surface area contributed by atoms with Gasteiger partial charge in [0, 0.05) is 11.4 Å². The summed E-state index contributed by atoms with van der Waals surface area (Å²) in [5, 5.41) is 0. The maximum absolute atomic E-state index is 5.63. The lowest BCUT2D eigenvalue weighted by Crippen LogP contribution is -2.17. The summed E-state index contributed by atoms with van der Waals surface area (Å²) in [5.74, 6) is 1.69. The number of hydrogen-bond acceptors (Lipinski definition) is 1. The molecule has 1 atom stereocenters. The van der Waals surface area contributed by atoms with Gasteiger partial charge in [-0.3, -0.25) is 0 Å². The molecule has 0 radical (unpaired) electrons. The van der Waals surface area contributed by atoms with E-state index in [1.165, 1.54) is 49.9 Å². The number of H-pyrrole nitrogens is 1. The molecule has 1 saturated carbocycles. The highest BCUT2D eigenvalue weighted by Crippen LogP contribution is 2.41. The van der Waals surface area contributed by atoms with Crippen LogP contribution in [0.15, 0.2) is 6.07 Å². The Morgan fingerprint density at radius 2 is 2.20 bits per heavy atom. The number of aryl methyl sites for hydroxylation is 1. The van der Waals surface area contributed by atoms with Gasteiger partial charge >= 0.3 is 0 Å². The molecule has 0 aromatic carbocycles. The molecule has 15 heavy (non-hydrogen) atoms. The lowest BCUT2D eigenvalue weighted by atomic mass is 9.86. The zero-order valence-electron chi connectivity index (χ0n) is 9.26. The van der Waals surface area contributed by atoms with Gasteiger partial charge in [-0.15, -0.1) is 0 Å². The first-order valence-electron chi connectivity index (χ1n) is 6.27. The average Bonchev–Trinajstić information content (AvgIpc) is 2.99. The van der Waals surface area contributed by atoms with E-state index >= 15 is 0 Å². The molecule has 1 heterocycles. The SMILES string of the molecule is NCCC1CCc2cc(C3CC3)[nH]c2C1. The van der Waals surface area contributed by atoms with E-state index in [-0.39, 0.29) is 0 Å². The summed E-state index contributed by atoms with van der Waals surface area (Å²) >= 11 is 0. The van der Waals surface area contributed by atoms with Crippen molar-refractivity contribution in [2.24, 2.45) is 11.7 Å². The molecule has 2 aliphatic rings. The van der Waals surface area contributed by atoms with Crippen LogP contribution in [-0.2, 0) is 12.8 Å². The maximum atomic E-state index is 5.63. The quantitative estimate of drug-likeness (QED) is 0.779. The molecular weight excluding hydrogens is 184 g/mol. The normalized spacial score (nSPS) is 25.3. The second kappa shape index (κ2) is 3.67. The molecule has 3 N–H and O–H groups in total.